The lowest BCUT2D eigenvalue weighted by Crippen LogP contribution is -2.48. The molecule has 3 rings (SSSR count). The number of nitriles is 1. The zero-order valence-corrected chi connectivity index (χ0v) is 20.0. The molecule has 6 nitrogen and oxygen atoms in total. The standard InChI is InChI=1S/C25H31ClN4O2/c1-18-13-22(20(3)30(18)19(2)17-32-4)14-23(15-27)25(31)29-11-9-28(10-12-29)16-21-5-7-24(26)8-6-21/h5-8,13-14,19H,9-12,16-17H2,1-4H3/b23-14-. The molecule has 1 aromatic heterocycles. The first-order valence-electron chi connectivity index (χ1n) is 10.9. The first-order valence-corrected chi connectivity index (χ1v) is 11.3. The number of piperazine rings is 1. The topological polar surface area (TPSA) is 61.5 Å². The molecule has 1 fully saturated rings. The summed E-state index contributed by atoms with van der Waals surface area (Å²) in [6.07, 6.45) is 1.72. The van der Waals surface area contributed by atoms with Crippen LogP contribution in [0.2, 0.25) is 5.02 Å². The van der Waals surface area contributed by atoms with Crippen molar-refractivity contribution in [1.29, 1.82) is 5.26 Å². The predicted octanol–water partition coefficient (Wildman–Crippen LogP) is 4.22. The van der Waals surface area contributed by atoms with E-state index in [2.05, 4.69) is 22.5 Å². The Kier molecular flexibility index (Phi) is 8.14. The Balaban J connectivity index is 1.66. The molecule has 0 bridgehead atoms. The molecule has 2 heterocycles. The first-order chi connectivity index (χ1) is 15.3. The van der Waals surface area contributed by atoms with E-state index >= 15 is 0 Å². The van der Waals surface area contributed by atoms with Gasteiger partial charge in [-0.25, -0.2) is 0 Å². The number of nitrogens with zero attached hydrogens (tertiary/aromatic N) is 4. The summed E-state index contributed by atoms with van der Waals surface area (Å²) in [7, 11) is 1.69. The van der Waals surface area contributed by atoms with Crippen LogP contribution in [0.25, 0.3) is 6.08 Å². The smallest absolute Gasteiger partial charge is 0.264 e. The normalized spacial score (nSPS) is 16.1. The van der Waals surface area contributed by atoms with Gasteiger partial charge >= 0.3 is 0 Å². The van der Waals surface area contributed by atoms with E-state index in [9.17, 15) is 10.1 Å². The quantitative estimate of drug-likeness (QED) is 0.464. The third-order valence-electron chi connectivity index (χ3n) is 6.00. The molecule has 1 aliphatic rings. The van der Waals surface area contributed by atoms with Gasteiger partial charge in [-0.15, -0.1) is 0 Å². The predicted molar refractivity (Wildman–Crippen MR) is 127 cm³/mol. The average molecular weight is 455 g/mol. The van der Waals surface area contributed by atoms with Crippen LogP contribution >= 0.6 is 11.6 Å². The molecule has 7 heteroatoms. The monoisotopic (exact) mass is 454 g/mol. The van der Waals surface area contributed by atoms with Crippen molar-refractivity contribution >= 4 is 23.6 Å². The Morgan fingerprint density at radius 3 is 2.47 bits per heavy atom. The van der Waals surface area contributed by atoms with Gasteiger partial charge in [-0.1, -0.05) is 23.7 Å². The third kappa shape index (κ3) is 5.60. The highest BCUT2D eigenvalue weighted by atomic mass is 35.5. The van der Waals surface area contributed by atoms with Gasteiger partial charge in [-0.05, 0) is 56.2 Å². The molecular weight excluding hydrogens is 424 g/mol. The van der Waals surface area contributed by atoms with Gasteiger partial charge in [0.25, 0.3) is 5.91 Å². The van der Waals surface area contributed by atoms with Crippen molar-refractivity contribution < 1.29 is 9.53 Å². The summed E-state index contributed by atoms with van der Waals surface area (Å²) < 4.78 is 7.47. The van der Waals surface area contributed by atoms with Crippen LogP contribution in [-0.2, 0) is 16.1 Å². The van der Waals surface area contributed by atoms with Crippen LogP contribution in [0.15, 0.2) is 35.9 Å². The lowest BCUT2D eigenvalue weighted by molar-refractivity contribution is -0.128. The molecule has 0 saturated carbocycles. The Hall–Kier alpha value is -2.59. The summed E-state index contributed by atoms with van der Waals surface area (Å²) in [5.41, 5.74) is 4.39. The number of carbonyl (C=O) groups excluding carboxylic acids is 1. The van der Waals surface area contributed by atoms with Crippen molar-refractivity contribution in [2.75, 3.05) is 39.9 Å². The van der Waals surface area contributed by atoms with Gasteiger partial charge in [0.1, 0.15) is 11.6 Å². The Labute approximate surface area is 195 Å². The van der Waals surface area contributed by atoms with Gasteiger partial charge in [-0.3, -0.25) is 9.69 Å². The second-order valence-corrected chi connectivity index (χ2v) is 8.80. The highest BCUT2D eigenvalue weighted by Gasteiger charge is 2.24. The summed E-state index contributed by atoms with van der Waals surface area (Å²) in [5, 5.41) is 10.4. The van der Waals surface area contributed by atoms with E-state index in [0.717, 1.165) is 41.6 Å². The molecular formula is C25H31ClN4O2. The van der Waals surface area contributed by atoms with Crippen molar-refractivity contribution in [1.82, 2.24) is 14.4 Å². The summed E-state index contributed by atoms with van der Waals surface area (Å²) >= 11 is 5.96. The first kappa shape index (κ1) is 24.1. The van der Waals surface area contributed by atoms with Crippen LogP contribution in [0.3, 0.4) is 0 Å². The van der Waals surface area contributed by atoms with E-state index < -0.39 is 0 Å². The Morgan fingerprint density at radius 2 is 1.88 bits per heavy atom. The fourth-order valence-corrected chi connectivity index (χ4v) is 4.49. The molecule has 170 valence electrons. The van der Waals surface area contributed by atoms with Crippen LogP contribution in [0.4, 0.5) is 0 Å². The molecule has 1 amide bonds. The fraction of sp³-hybridized carbons (Fsp3) is 0.440. The molecule has 1 aromatic carbocycles. The molecule has 0 spiro atoms. The Morgan fingerprint density at radius 1 is 1.22 bits per heavy atom. The number of amides is 1. The SMILES string of the molecule is COCC(C)n1c(C)cc(/C=C(/C#N)C(=O)N2CCN(Cc3ccc(Cl)cc3)CC2)c1C. The van der Waals surface area contributed by atoms with E-state index in [1.54, 1.807) is 18.1 Å². The number of carbonyl (C=O) groups is 1. The minimum absolute atomic E-state index is 0.177. The maximum atomic E-state index is 13.1. The average Bonchev–Trinajstić information content (AvgIpc) is 3.06. The van der Waals surface area contributed by atoms with Crippen molar-refractivity contribution in [2.45, 2.75) is 33.4 Å². The number of methoxy groups -OCH3 is 1. The zero-order valence-electron chi connectivity index (χ0n) is 19.3. The van der Waals surface area contributed by atoms with Gasteiger partial charge in [0, 0.05) is 56.2 Å². The molecule has 0 aliphatic carbocycles. The van der Waals surface area contributed by atoms with E-state index in [0.29, 0.717) is 19.7 Å². The second-order valence-electron chi connectivity index (χ2n) is 8.37. The Bertz CT molecular complexity index is 1010. The van der Waals surface area contributed by atoms with E-state index in [1.165, 1.54) is 5.56 Å². The largest absolute Gasteiger partial charge is 0.383 e. The number of halogens is 1. The van der Waals surface area contributed by atoms with Crippen molar-refractivity contribution in [2.24, 2.45) is 0 Å². The zero-order chi connectivity index (χ0) is 23.3. The third-order valence-corrected chi connectivity index (χ3v) is 6.25. The van der Waals surface area contributed by atoms with Crippen LogP contribution in [0.5, 0.6) is 0 Å². The number of hydrogen-bond acceptors (Lipinski definition) is 4. The van der Waals surface area contributed by atoms with Gasteiger partial charge in [0.2, 0.25) is 0 Å². The summed E-state index contributed by atoms with van der Waals surface area (Å²) in [6.45, 7) is 10.3. The van der Waals surface area contributed by atoms with Crippen LogP contribution in [0.1, 0.15) is 35.5 Å². The second kappa shape index (κ2) is 10.8. The van der Waals surface area contributed by atoms with E-state index in [1.807, 2.05) is 44.2 Å². The van der Waals surface area contributed by atoms with E-state index in [4.69, 9.17) is 16.3 Å². The lowest BCUT2D eigenvalue weighted by atomic mass is 10.1. The number of aryl methyl sites for hydroxylation is 1. The maximum absolute atomic E-state index is 13.1. The highest BCUT2D eigenvalue weighted by molar-refractivity contribution is 6.30. The van der Waals surface area contributed by atoms with Crippen LogP contribution in [0, 0.1) is 25.2 Å². The number of benzene rings is 1. The summed E-state index contributed by atoms with van der Waals surface area (Å²) in [5.74, 6) is -0.201. The molecule has 0 N–H and O–H groups in total. The molecule has 1 aliphatic heterocycles. The molecule has 1 atom stereocenters. The molecule has 2 aromatic rings. The van der Waals surface area contributed by atoms with Gasteiger partial charge in [-0.2, -0.15) is 5.26 Å². The number of hydrogen-bond donors (Lipinski definition) is 0. The fourth-order valence-electron chi connectivity index (χ4n) is 4.37. The lowest BCUT2D eigenvalue weighted by Gasteiger charge is -2.34. The van der Waals surface area contributed by atoms with Crippen molar-refractivity contribution in [3.05, 3.63) is 63.4 Å². The maximum Gasteiger partial charge on any atom is 0.264 e. The molecule has 1 saturated heterocycles. The number of rotatable bonds is 7. The molecule has 0 radical (unpaired) electrons. The van der Waals surface area contributed by atoms with Crippen LogP contribution in [-0.4, -0.2) is 60.2 Å². The summed E-state index contributed by atoms with van der Waals surface area (Å²) in [4.78, 5) is 17.1. The van der Waals surface area contributed by atoms with Crippen molar-refractivity contribution in [3.8, 4) is 6.07 Å². The van der Waals surface area contributed by atoms with Gasteiger partial charge in [0.05, 0.1) is 12.6 Å². The van der Waals surface area contributed by atoms with Crippen molar-refractivity contribution in [3.63, 3.8) is 0 Å². The van der Waals surface area contributed by atoms with Crippen LogP contribution < -0.4 is 0 Å². The number of aromatic nitrogens is 1. The minimum atomic E-state index is -0.201. The van der Waals surface area contributed by atoms with Gasteiger partial charge < -0.3 is 14.2 Å². The highest BCUT2D eigenvalue weighted by Crippen LogP contribution is 2.23. The van der Waals surface area contributed by atoms with Gasteiger partial charge in [0.15, 0.2) is 0 Å². The molecule has 32 heavy (non-hydrogen) atoms. The number of ether oxygens (including phenoxy) is 1. The minimum Gasteiger partial charge on any atom is -0.383 e. The summed E-state index contributed by atoms with van der Waals surface area (Å²) in [6, 6.07) is 12.2. The van der Waals surface area contributed by atoms with E-state index in [-0.39, 0.29) is 17.5 Å². The molecule has 1 unspecified atom stereocenters.